The minimum absolute atomic E-state index is 0.0696. The molecule has 0 atom stereocenters. The van der Waals surface area contributed by atoms with Crippen molar-refractivity contribution in [3.8, 4) is 0 Å². The topological polar surface area (TPSA) is 36.4 Å². The molecule has 4 nitrogen and oxygen atoms in total. The van der Waals surface area contributed by atoms with Gasteiger partial charge in [-0.25, -0.2) is 9.37 Å². The average Bonchev–Trinajstić information content (AvgIpc) is 3.09. The Bertz CT molecular complexity index is 958. The smallest absolute Gasteiger partial charge is 0.233 e. The lowest BCUT2D eigenvalue weighted by Gasteiger charge is -2.25. The summed E-state index contributed by atoms with van der Waals surface area (Å²) in [4.78, 5) is 21.7. The van der Waals surface area contributed by atoms with Gasteiger partial charge in [0.25, 0.3) is 0 Å². The van der Waals surface area contributed by atoms with E-state index >= 15 is 0 Å². The number of rotatable bonds is 8. The van der Waals surface area contributed by atoms with Crippen LogP contribution >= 0.6 is 22.9 Å². The fourth-order valence-corrected chi connectivity index (χ4v) is 4.25. The molecule has 0 saturated heterocycles. The maximum absolute atomic E-state index is 13.6. The quantitative estimate of drug-likeness (QED) is 0.515. The van der Waals surface area contributed by atoms with Crippen LogP contribution in [-0.2, 0) is 11.2 Å². The van der Waals surface area contributed by atoms with Crippen LogP contribution in [0.1, 0.15) is 19.4 Å². The predicted molar refractivity (Wildman–Crippen MR) is 115 cm³/mol. The molecule has 0 aliphatic rings. The summed E-state index contributed by atoms with van der Waals surface area (Å²) in [5, 5.41) is 1.16. The Morgan fingerprint density at radius 3 is 2.61 bits per heavy atom. The van der Waals surface area contributed by atoms with Gasteiger partial charge in [-0.1, -0.05) is 55.0 Å². The van der Waals surface area contributed by atoms with Gasteiger partial charge in [0.2, 0.25) is 5.91 Å². The minimum Gasteiger partial charge on any atom is -0.302 e. The highest BCUT2D eigenvalue weighted by atomic mass is 35.5. The number of carbonyl (C=O) groups is 1. The number of hydrogen-bond donors (Lipinski definition) is 0. The van der Waals surface area contributed by atoms with Gasteiger partial charge in [-0.2, -0.15) is 0 Å². The number of nitrogens with zero attached hydrogens (tertiary/aromatic N) is 3. The maximum Gasteiger partial charge on any atom is 0.233 e. The fourth-order valence-electron chi connectivity index (χ4n) is 3.01. The van der Waals surface area contributed by atoms with Crippen molar-refractivity contribution in [2.45, 2.75) is 20.3 Å². The van der Waals surface area contributed by atoms with E-state index in [0.717, 1.165) is 29.9 Å². The Kier molecular flexibility index (Phi) is 6.99. The molecule has 0 fully saturated rings. The first kappa shape index (κ1) is 20.7. The summed E-state index contributed by atoms with van der Waals surface area (Å²) in [6, 6.07) is 11.8. The fraction of sp³-hybridized carbons (Fsp3) is 0.333. The average molecular weight is 420 g/mol. The van der Waals surface area contributed by atoms with Gasteiger partial charge >= 0.3 is 0 Å². The molecule has 7 heteroatoms. The van der Waals surface area contributed by atoms with Crippen LogP contribution in [0.15, 0.2) is 42.5 Å². The third-order valence-corrected chi connectivity index (χ3v) is 6.11. The van der Waals surface area contributed by atoms with Crippen molar-refractivity contribution < 1.29 is 9.18 Å². The monoisotopic (exact) mass is 419 g/mol. The minimum atomic E-state index is -0.306. The van der Waals surface area contributed by atoms with E-state index in [1.54, 1.807) is 17.0 Å². The molecule has 0 bridgehead atoms. The molecule has 2 aromatic carbocycles. The van der Waals surface area contributed by atoms with Crippen LogP contribution in [0.5, 0.6) is 0 Å². The second-order valence-electron chi connectivity index (χ2n) is 6.45. The molecule has 3 rings (SSSR count). The van der Waals surface area contributed by atoms with Crippen molar-refractivity contribution in [3.63, 3.8) is 0 Å². The van der Waals surface area contributed by atoms with Gasteiger partial charge in [-0.15, -0.1) is 0 Å². The molecular weight excluding hydrogens is 397 g/mol. The van der Waals surface area contributed by atoms with Crippen molar-refractivity contribution in [1.29, 1.82) is 0 Å². The Hall–Kier alpha value is -2.02. The molecule has 1 aromatic heterocycles. The molecule has 0 unspecified atom stereocenters. The predicted octanol–water partition coefficient (Wildman–Crippen LogP) is 5.01. The second-order valence-corrected chi connectivity index (χ2v) is 7.87. The maximum atomic E-state index is 13.6. The van der Waals surface area contributed by atoms with Crippen molar-refractivity contribution in [2.75, 3.05) is 31.1 Å². The zero-order valence-electron chi connectivity index (χ0n) is 16.0. The highest BCUT2D eigenvalue weighted by molar-refractivity contribution is 7.22. The molecule has 0 aliphatic carbocycles. The van der Waals surface area contributed by atoms with E-state index in [0.29, 0.717) is 22.2 Å². The number of hydrogen-bond acceptors (Lipinski definition) is 4. The molecule has 1 heterocycles. The van der Waals surface area contributed by atoms with Crippen molar-refractivity contribution in [1.82, 2.24) is 9.88 Å². The number of benzene rings is 2. The first-order chi connectivity index (χ1) is 13.5. The van der Waals surface area contributed by atoms with Gasteiger partial charge in [-0.3, -0.25) is 9.69 Å². The third-order valence-electron chi connectivity index (χ3n) is 4.70. The van der Waals surface area contributed by atoms with Crippen LogP contribution in [0.25, 0.3) is 10.2 Å². The van der Waals surface area contributed by atoms with Crippen LogP contribution in [0.3, 0.4) is 0 Å². The summed E-state index contributed by atoms with van der Waals surface area (Å²) in [5.41, 5.74) is 1.48. The van der Waals surface area contributed by atoms with Gasteiger partial charge in [0.05, 0.1) is 16.6 Å². The van der Waals surface area contributed by atoms with Gasteiger partial charge < -0.3 is 4.90 Å². The number of carbonyl (C=O) groups excluding carboxylic acids is 1. The molecule has 3 aromatic rings. The van der Waals surface area contributed by atoms with Gasteiger partial charge in [0, 0.05) is 18.1 Å². The summed E-state index contributed by atoms with van der Waals surface area (Å²) in [5.74, 6) is -0.375. The van der Waals surface area contributed by atoms with E-state index in [2.05, 4.69) is 23.7 Å². The van der Waals surface area contributed by atoms with Crippen LogP contribution in [-0.4, -0.2) is 42.0 Å². The second kappa shape index (κ2) is 9.45. The Balaban J connectivity index is 1.88. The number of thiazole rings is 1. The van der Waals surface area contributed by atoms with E-state index in [-0.39, 0.29) is 18.1 Å². The summed E-state index contributed by atoms with van der Waals surface area (Å²) >= 11 is 7.57. The largest absolute Gasteiger partial charge is 0.302 e. The molecule has 0 saturated carbocycles. The van der Waals surface area contributed by atoms with Gasteiger partial charge in [0.1, 0.15) is 5.82 Å². The van der Waals surface area contributed by atoms with Crippen LogP contribution in [0, 0.1) is 5.82 Å². The SMILES string of the molecule is CCN(CC)CCN(C(=O)Cc1ccccc1Cl)c1nc2ccc(F)cc2s1. The Morgan fingerprint density at radius 1 is 1.14 bits per heavy atom. The number of halogens is 2. The lowest BCUT2D eigenvalue weighted by molar-refractivity contribution is -0.118. The summed E-state index contributed by atoms with van der Waals surface area (Å²) in [7, 11) is 0. The number of likely N-dealkylation sites (N-methyl/N-ethyl adjacent to an activating group) is 1. The molecule has 0 radical (unpaired) electrons. The van der Waals surface area contributed by atoms with Crippen molar-refractivity contribution >= 4 is 44.2 Å². The lowest BCUT2D eigenvalue weighted by Crippen LogP contribution is -2.39. The summed E-state index contributed by atoms with van der Waals surface area (Å²) in [6.07, 6.45) is 0.197. The molecule has 0 aliphatic heterocycles. The van der Waals surface area contributed by atoms with E-state index in [1.165, 1.54) is 23.5 Å². The number of aromatic nitrogens is 1. The molecule has 148 valence electrons. The van der Waals surface area contributed by atoms with Crippen LogP contribution in [0.4, 0.5) is 9.52 Å². The van der Waals surface area contributed by atoms with Gasteiger partial charge in [0.15, 0.2) is 5.13 Å². The Labute approximate surface area is 173 Å². The number of amides is 1. The third kappa shape index (κ3) is 4.87. The molecule has 0 N–H and O–H groups in total. The zero-order valence-corrected chi connectivity index (χ0v) is 17.6. The van der Waals surface area contributed by atoms with E-state index < -0.39 is 0 Å². The zero-order chi connectivity index (χ0) is 20.1. The number of fused-ring (bicyclic) bond motifs is 1. The standard InChI is InChI=1S/C21H23ClFN3OS/c1-3-25(4-2)11-12-26(20(27)13-15-7-5-6-8-17(15)22)21-24-18-10-9-16(23)14-19(18)28-21/h5-10,14H,3-4,11-13H2,1-2H3. The highest BCUT2D eigenvalue weighted by Gasteiger charge is 2.21. The van der Waals surface area contributed by atoms with Crippen molar-refractivity contribution in [3.05, 3.63) is 58.9 Å². The van der Waals surface area contributed by atoms with Crippen molar-refractivity contribution in [2.24, 2.45) is 0 Å². The van der Waals surface area contributed by atoms with Crippen LogP contribution < -0.4 is 4.90 Å². The first-order valence-corrected chi connectivity index (χ1v) is 10.5. The van der Waals surface area contributed by atoms with Crippen LogP contribution in [0.2, 0.25) is 5.02 Å². The van der Waals surface area contributed by atoms with E-state index in [4.69, 9.17) is 11.6 Å². The normalized spacial score (nSPS) is 11.3. The summed E-state index contributed by atoms with van der Waals surface area (Å²) in [6.45, 7) is 7.28. The number of anilines is 1. The van der Waals surface area contributed by atoms with Gasteiger partial charge in [-0.05, 0) is 42.9 Å². The summed E-state index contributed by atoms with van der Waals surface area (Å²) < 4.78 is 14.3. The Morgan fingerprint density at radius 2 is 1.89 bits per heavy atom. The molecule has 28 heavy (non-hydrogen) atoms. The molecule has 0 spiro atoms. The van der Waals surface area contributed by atoms with E-state index in [1.807, 2.05) is 18.2 Å². The first-order valence-electron chi connectivity index (χ1n) is 9.34. The van der Waals surface area contributed by atoms with E-state index in [9.17, 15) is 9.18 Å². The lowest BCUT2D eigenvalue weighted by atomic mass is 10.1. The highest BCUT2D eigenvalue weighted by Crippen LogP contribution is 2.30. The molecular formula is C21H23ClFN3OS. The molecule has 1 amide bonds.